The van der Waals surface area contributed by atoms with Crippen LogP contribution in [-0.2, 0) is 0 Å². The van der Waals surface area contributed by atoms with Gasteiger partial charge < -0.3 is 9.84 Å². The fourth-order valence-electron chi connectivity index (χ4n) is 0.611. The van der Waals surface area contributed by atoms with E-state index in [1.165, 1.54) is 16.7 Å². The Morgan fingerprint density at radius 1 is 1.75 bits per heavy atom. The van der Waals surface area contributed by atoms with Crippen molar-refractivity contribution in [1.29, 1.82) is 0 Å². The molecule has 0 aromatic carbocycles. The van der Waals surface area contributed by atoms with E-state index in [9.17, 15) is 4.79 Å². The summed E-state index contributed by atoms with van der Waals surface area (Å²) in [5.74, 6) is -1.02. The molecule has 0 saturated heterocycles. The van der Waals surface area contributed by atoms with Gasteiger partial charge in [-0.05, 0) is 13.8 Å². The summed E-state index contributed by atoms with van der Waals surface area (Å²) in [4.78, 5) is 14.1. The molecule has 0 aliphatic carbocycles. The minimum absolute atomic E-state index is 0.0257. The highest BCUT2D eigenvalue weighted by atomic mass is 32.1. The van der Waals surface area contributed by atoms with Crippen LogP contribution in [0.4, 0.5) is 0 Å². The van der Waals surface area contributed by atoms with Gasteiger partial charge in [0.2, 0.25) is 0 Å². The molecule has 1 aromatic rings. The number of hydrogen-bond acceptors (Lipinski definition) is 4. The second kappa shape index (κ2) is 3.53. The first-order valence-corrected chi connectivity index (χ1v) is 4.33. The van der Waals surface area contributed by atoms with Crippen LogP contribution in [0.25, 0.3) is 0 Å². The van der Waals surface area contributed by atoms with Gasteiger partial charge in [-0.1, -0.05) is 11.3 Å². The summed E-state index contributed by atoms with van der Waals surface area (Å²) in [5, 5.41) is 10.4. The standard InChI is InChI=1S/C7H9NO3S/c1-4(2)11-7-8-5(3-12-7)6(9)10/h3-4H,1-2H3,(H,9,10). The molecule has 0 atom stereocenters. The van der Waals surface area contributed by atoms with Gasteiger partial charge in [0, 0.05) is 5.38 Å². The monoisotopic (exact) mass is 187 g/mol. The predicted octanol–water partition coefficient (Wildman–Crippen LogP) is 1.63. The van der Waals surface area contributed by atoms with Crippen LogP contribution < -0.4 is 4.74 Å². The van der Waals surface area contributed by atoms with Gasteiger partial charge in [-0.2, -0.15) is 4.98 Å². The molecule has 0 aliphatic heterocycles. The number of aromatic nitrogens is 1. The first kappa shape index (κ1) is 8.99. The van der Waals surface area contributed by atoms with Crippen molar-refractivity contribution in [3.8, 4) is 5.19 Å². The molecule has 0 aliphatic rings. The molecule has 66 valence electrons. The number of nitrogens with zero attached hydrogens (tertiary/aromatic N) is 1. The lowest BCUT2D eigenvalue weighted by atomic mass is 10.5. The summed E-state index contributed by atoms with van der Waals surface area (Å²) >= 11 is 1.19. The van der Waals surface area contributed by atoms with Crippen molar-refractivity contribution in [2.75, 3.05) is 0 Å². The van der Waals surface area contributed by atoms with Crippen molar-refractivity contribution in [2.24, 2.45) is 0 Å². The van der Waals surface area contributed by atoms with Gasteiger partial charge in [-0.3, -0.25) is 0 Å². The Balaban J connectivity index is 2.71. The Morgan fingerprint density at radius 2 is 2.42 bits per heavy atom. The molecule has 1 heterocycles. The molecule has 1 rings (SSSR count). The van der Waals surface area contributed by atoms with Crippen LogP contribution in [0.2, 0.25) is 0 Å². The molecular weight excluding hydrogens is 178 g/mol. The zero-order valence-corrected chi connectivity index (χ0v) is 7.59. The van der Waals surface area contributed by atoms with E-state index in [4.69, 9.17) is 9.84 Å². The topological polar surface area (TPSA) is 59.4 Å². The Morgan fingerprint density at radius 3 is 2.83 bits per heavy atom. The van der Waals surface area contributed by atoms with Crippen LogP contribution in [0.3, 0.4) is 0 Å². The predicted molar refractivity (Wildman–Crippen MR) is 44.8 cm³/mol. The fraction of sp³-hybridized carbons (Fsp3) is 0.429. The van der Waals surface area contributed by atoms with Gasteiger partial charge in [0.15, 0.2) is 5.69 Å². The highest BCUT2D eigenvalue weighted by Crippen LogP contribution is 2.18. The molecule has 4 nitrogen and oxygen atoms in total. The molecule has 0 radical (unpaired) electrons. The van der Waals surface area contributed by atoms with Crippen LogP contribution in [0.1, 0.15) is 24.3 Å². The fourth-order valence-corrected chi connectivity index (χ4v) is 1.38. The number of carbonyl (C=O) groups is 1. The molecule has 0 spiro atoms. The van der Waals surface area contributed by atoms with Gasteiger partial charge >= 0.3 is 5.97 Å². The number of thiazole rings is 1. The Kier molecular flexibility index (Phi) is 2.65. The lowest BCUT2D eigenvalue weighted by Crippen LogP contribution is -2.05. The van der Waals surface area contributed by atoms with Crippen LogP contribution >= 0.6 is 11.3 Å². The van der Waals surface area contributed by atoms with Crippen LogP contribution in [0.15, 0.2) is 5.38 Å². The van der Waals surface area contributed by atoms with E-state index in [2.05, 4.69) is 4.98 Å². The number of aromatic carboxylic acids is 1. The van der Waals surface area contributed by atoms with E-state index >= 15 is 0 Å². The first-order valence-electron chi connectivity index (χ1n) is 3.45. The molecule has 1 N–H and O–H groups in total. The molecule has 1 aromatic heterocycles. The zero-order valence-electron chi connectivity index (χ0n) is 6.77. The average Bonchev–Trinajstić information content (AvgIpc) is 2.34. The summed E-state index contributed by atoms with van der Waals surface area (Å²) in [7, 11) is 0. The summed E-state index contributed by atoms with van der Waals surface area (Å²) in [6.07, 6.45) is 0.0257. The van der Waals surface area contributed by atoms with Crippen molar-refractivity contribution in [2.45, 2.75) is 20.0 Å². The summed E-state index contributed by atoms with van der Waals surface area (Å²) < 4.78 is 5.19. The number of carboxylic acid groups (broad SMARTS) is 1. The quantitative estimate of drug-likeness (QED) is 0.781. The minimum atomic E-state index is -1.02. The van der Waals surface area contributed by atoms with Gasteiger partial charge in [0.1, 0.15) is 0 Å². The lowest BCUT2D eigenvalue weighted by Gasteiger charge is -2.03. The normalized spacial score (nSPS) is 10.2. The van der Waals surface area contributed by atoms with E-state index in [0.717, 1.165) is 0 Å². The number of hydrogen-bond donors (Lipinski definition) is 1. The van der Waals surface area contributed by atoms with Crippen molar-refractivity contribution < 1.29 is 14.6 Å². The molecule has 0 amide bonds. The van der Waals surface area contributed by atoms with Crippen molar-refractivity contribution in [3.05, 3.63) is 11.1 Å². The van der Waals surface area contributed by atoms with Crippen molar-refractivity contribution in [3.63, 3.8) is 0 Å². The number of carboxylic acids is 1. The summed E-state index contributed by atoms with van der Waals surface area (Å²) in [6.45, 7) is 3.73. The maximum absolute atomic E-state index is 10.4. The van der Waals surface area contributed by atoms with E-state index in [0.29, 0.717) is 5.19 Å². The van der Waals surface area contributed by atoms with Gasteiger partial charge in [0.25, 0.3) is 5.19 Å². The second-order valence-corrected chi connectivity index (χ2v) is 3.29. The highest BCUT2D eigenvalue weighted by Gasteiger charge is 2.09. The van der Waals surface area contributed by atoms with E-state index in [1.54, 1.807) is 0 Å². The maximum Gasteiger partial charge on any atom is 0.355 e. The van der Waals surface area contributed by atoms with Gasteiger partial charge in [-0.15, -0.1) is 0 Å². The Labute approximate surface area is 73.8 Å². The van der Waals surface area contributed by atoms with Crippen molar-refractivity contribution in [1.82, 2.24) is 4.98 Å². The first-order chi connectivity index (χ1) is 5.59. The third-order valence-electron chi connectivity index (χ3n) is 1.04. The summed E-state index contributed by atoms with van der Waals surface area (Å²) in [5.41, 5.74) is 0.0376. The Bertz CT molecular complexity index is 282. The third-order valence-corrected chi connectivity index (χ3v) is 1.77. The number of rotatable bonds is 3. The third kappa shape index (κ3) is 2.20. The molecule has 0 bridgehead atoms. The number of ether oxygens (including phenoxy) is 1. The molecule has 12 heavy (non-hydrogen) atoms. The summed E-state index contributed by atoms with van der Waals surface area (Å²) in [6, 6.07) is 0. The molecule has 0 unspecified atom stereocenters. The average molecular weight is 187 g/mol. The van der Waals surface area contributed by atoms with E-state index in [1.807, 2.05) is 13.8 Å². The minimum Gasteiger partial charge on any atom is -0.476 e. The van der Waals surface area contributed by atoms with Crippen LogP contribution in [0.5, 0.6) is 5.19 Å². The molecule has 0 saturated carbocycles. The van der Waals surface area contributed by atoms with Crippen molar-refractivity contribution >= 4 is 17.3 Å². The highest BCUT2D eigenvalue weighted by molar-refractivity contribution is 7.11. The second-order valence-electron chi connectivity index (χ2n) is 2.47. The smallest absolute Gasteiger partial charge is 0.355 e. The molecule has 0 fully saturated rings. The van der Waals surface area contributed by atoms with Crippen LogP contribution in [0, 0.1) is 0 Å². The molecular formula is C7H9NO3S. The zero-order chi connectivity index (χ0) is 9.14. The van der Waals surface area contributed by atoms with E-state index < -0.39 is 5.97 Å². The maximum atomic E-state index is 10.4. The molecule has 5 heteroatoms. The SMILES string of the molecule is CC(C)Oc1nc(C(=O)O)cs1. The van der Waals surface area contributed by atoms with Crippen LogP contribution in [-0.4, -0.2) is 22.2 Å². The van der Waals surface area contributed by atoms with E-state index in [-0.39, 0.29) is 11.8 Å². The lowest BCUT2D eigenvalue weighted by molar-refractivity contribution is 0.0690. The van der Waals surface area contributed by atoms with Gasteiger partial charge in [0.05, 0.1) is 6.10 Å². The Hall–Kier alpha value is -1.10. The van der Waals surface area contributed by atoms with Gasteiger partial charge in [-0.25, -0.2) is 4.79 Å². The largest absolute Gasteiger partial charge is 0.476 e.